The number of aromatic nitrogens is 3. The highest BCUT2D eigenvalue weighted by Gasteiger charge is 2.40. The molecule has 5 heterocycles. The van der Waals surface area contributed by atoms with Gasteiger partial charge in [-0.1, -0.05) is 0 Å². The first kappa shape index (κ1) is 22.7. The molecule has 0 radical (unpaired) electrons. The minimum Gasteiger partial charge on any atom is -0.391 e. The van der Waals surface area contributed by atoms with Crippen LogP contribution in [0.2, 0.25) is 0 Å². The zero-order chi connectivity index (χ0) is 24.5. The summed E-state index contributed by atoms with van der Waals surface area (Å²) in [6.45, 7) is 5.65. The largest absolute Gasteiger partial charge is 0.418 e. The van der Waals surface area contributed by atoms with Crippen LogP contribution in [0.5, 0.6) is 0 Å². The molecule has 0 amide bonds. The van der Waals surface area contributed by atoms with Gasteiger partial charge in [-0.3, -0.25) is 4.98 Å². The number of halogens is 4. The number of piperazine rings is 1. The van der Waals surface area contributed by atoms with E-state index in [2.05, 4.69) is 20.3 Å². The molecule has 11 heteroatoms. The molecular weight excluding hydrogens is 452 g/mol. The second-order valence-electron chi connectivity index (χ2n) is 9.09. The Kier molecular flexibility index (Phi) is 5.17. The van der Waals surface area contributed by atoms with E-state index in [0.29, 0.717) is 42.0 Å². The van der Waals surface area contributed by atoms with Crippen LogP contribution in [0.25, 0.3) is 22.0 Å². The van der Waals surface area contributed by atoms with Crippen LogP contribution in [0.15, 0.2) is 12.3 Å². The highest BCUT2D eigenvalue weighted by molar-refractivity contribution is 5.97. The summed E-state index contributed by atoms with van der Waals surface area (Å²) in [7, 11) is 0. The molecule has 5 rings (SSSR count). The maximum atomic E-state index is 16.0. The number of aliphatic hydroxyl groups excluding tert-OH is 1. The molecule has 3 aromatic heterocycles. The molecule has 0 aliphatic carbocycles. The van der Waals surface area contributed by atoms with Crippen LogP contribution >= 0.6 is 0 Å². The van der Waals surface area contributed by atoms with Crippen LogP contribution in [0, 0.1) is 26.6 Å². The van der Waals surface area contributed by atoms with Gasteiger partial charge >= 0.3 is 6.18 Å². The van der Waals surface area contributed by atoms with Crippen LogP contribution in [0.3, 0.4) is 0 Å². The fourth-order valence-corrected chi connectivity index (χ4v) is 5.17. The number of fused-ring (bicyclic) bond motifs is 3. The SMILES string of the molecule is Cc1nc(N)cc(-c2ncc3c(N4C[C@H]5C[C@@H](O)[C@@H](C4)N5)nc(C)c(C)c3c2F)c1C(F)(F)F. The minimum absolute atomic E-state index is 0.0707. The van der Waals surface area contributed by atoms with Gasteiger partial charge < -0.3 is 21.1 Å². The lowest BCUT2D eigenvalue weighted by Gasteiger charge is -2.35. The number of nitrogens with zero attached hydrogens (tertiary/aromatic N) is 4. The molecule has 2 saturated heterocycles. The van der Waals surface area contributed by atoms with Gasteiger partial charge in [0.2, 0.25) is 0 Å². The Hall–Kier alpha value is -3.05. The molecule has 34 heavy (non-hydrogen) atoms. The first-order valence-electron chi connectivity index (χ1n) is 10.9. The predicted octanol–water partition coefficient (Wildman–Crippen LogP) is 3.27. The number of aliphatic hydroxyl groups is 1. The molecule has 3 atom stereocenters. The summed E-state index contributed by atoms with van der Waals surface area (Å²) in [5, 5.41) is 14.2. The van der Waals surface area contributed by atoms with Crippen molar-refractivity contribution >= 4 is 22.4 Å². The van der Waals surface area contributed by atoms with E-state index in [1.165, 1.54) is 13.1 Å². The smallest absolute Gasteiger partial charge is 0.391 e. The molecule has 0 aromatic carbocycles. The molecule has 7 nitrogen and oxygen atoms in total. The van der Waals surface area contributed by atoms with Crippen molar-refractivity contribution < 1.29 is 22.7 Å². The van der Waals surface area contributed by atoms with Crippen molar-refractivity contribution in [3.63, 3.8) is 0 Å². The number of nitrogens with two attached hydrogens (primary N) is 1. The Labute approximate surface area is 193 Å². The van der Waals surface area contributed by atoms with Gasteiger partial charge in [0.15, 0.2) is 5.82 Å². The highest BCUT2D eigenvalue weighted by atomic mass is 19.4. The quantitative estimate of drug-likeness (QED) is 0.488. The monoisotopic (exact) mass is 476 g/mol. The summed E-state index contributed by atoms with van der Waals surface area (Å²) in [4.78, 5) is 14.5. The standard InChI is InChI=1S/C23H24F4N6O/c1-9-10(2)31-22(33-7-12-4-16(34)15(8-33)32-12)14-6-29-21(20(24)18(9)14)13-5-17(28)30-11(3)19(13)23(25,26)27/h5-6,12,15-16,32,34H,4,7-8H2,1-3H3,(H2,28,30)/t12-,15-,16-/m1/s1. The predicted molar refractivity (Wildman–Crippen MR) is 120 cm³/mol. The van der Waals surface area contributed by atoms with E-state index in [4.69, 9.17) is 5.73 Å². The molecule has 180 valence electrons. The van der Waals surface area contributed by atoms with Gasteiger partial charge in [0.1, 0.15) is 17.3 Å². The van der Waals surface area contributed by atoms with Crippen molar-refractivity contribution in [2.24, 2.45) is 0 Å². The van der Waals surface area contributed by atoms with Crippen molar-refractivity contribution in [3.8, 4) is 11.3 Å². The zero-order valence-corrected chi connectivity index (χ0v) is 18.8. The van der Waals surface area contributed by atoms with Crippen molar-refractivity contribution in [2.45, 2.75) is 51.6 Å². The first-order chi connectivity index (χ1) is 16.0. The second-order valence-corrected chi connectivity index (χ2v) is 9.09. The summed E-state index contributed by atoms with van der Waals surface area (Å²) < 4.78 is 57.6. The lowest BCUT2D eigenvalue weighted by atomic mass is 9.98. The Morgan fingerprint density at radius 3 is 2.56 bits per heavy atom. The van der Waals surface area contributed by atoms with E-state index in [1.807, 2.05) is 4.90 Å². The van der Waals surface area contributed by atoms with Gasteiger partial charge in [0.25, 0.3) is 0 Å². The summed E-state index contributed by atoms with van der Waals surface area (Å²) >= 11 is 0. The fourth-order valence-electron chi connectivity index (χ4n) is 5.17. The second kappa shape index (κ2) is 7.74. The van der Waals surface area contributed by atoms with E-state index < -0.39 is 34.9 Å². The molecule has 2 aliphatic heterocycles. The lowest BCUT2D eigenvalue weighted by molar-refractivity contribution is -0.137. The van der Waals surface area contributed by atoms with Crippen LogP contribution in [0.4, 0.5) is 29.2 Å². The summed E-state index contributed by atoms with van der Waals surface area (Å²) in [6, 6.07) is 0.944. The van der Waals surface area contributed by atoms with Gasteiger partial charge in [-0.25, -0.2) is 14.4 Å². The number of nitrogen functional groups attached to an aromatic ring is 1. The molecular formula is C23H24F4N6O. The average molecular weight is 476 g/mol. The molecule has 2 aliphatic rings. The molecule has 0 unspecified atom stereocenters. The Balaban J connectivity index is 1.72. The number of alkyl halides is 3. The number of nitrogens with one attached hydrogen (secondary N) is 1. The van der Waals surface area contributed by atoms with E-state index in [9.17, 15) is 18.3 Å². The van der Waals surface area contributed by atoms with Gasteiger partial charge in [-0.2, -0.15) is 13.2 Å². The molecule has 2 bridgehead atoms. The molecule has 0 saturated carbocycles. The molecule has 3 aromatic rings. The molecule has 2 fully saturated rings. The summed E-state index contributed by atoms with van der Waals surface area (Å²) in [5.74, 6) is -0.515. The van der Waals surface area contributed by atoms with Crippen LogP contribution < -0.4 is 16.0 Å². The molecule has 0 spiro atoms. The number of anilines is 2. The Morgan fingerprint density at radius 2 is 1.88 bits per heavy atom. The van der Waals surface area contributed by atoms with Crippen LogP contribution in [-0.2, 0) is 6.18 Å². The zero-order valence-electron chi connectivity index (χ0n) is 18.8. The maximum absolute atomic E-state index is 16.0. The third-order valence-corrected chi connectivity index (χ3v) is 6.81. The van der Waals surface area contributed by atoms with Crippen molar-refractivity contribution in [1.29, 1.82) is 0 Å². The number of hydrogen-bond donors (Lipinski definition) is 3. The number of rotatable bonds is 2. The number of aryl methyl sites for hydroxylation is 3. The van der Waals surface area contributed by atoms with Gasteiger partial charge in [-0.15, -0.1) is 0 Å². The van der Waals surface area contributed by atoms with Gasteiger partial charge in [0.05, 0.1) is 23.4 Å². The van der Waals surface area contributed by atoms with E-state index in [0.717, 1.165) is 6.07 Å². The first-order valence-corrected chi connectivity index (χ1v) is 10.9. The normalized spacial score (nSPS) is 22.6. The highest BCUT2D eigenvalue weighted by Crippen LogP contribution is 2.42. The van der Waals surface area contributed by atoms with Crippen LogP contribution in [0.1, 0.15) is 28.9 Å². The Morgan fingerprint density at radius 1 is 1.15 bits per heavy atom. The number of hydrogen-bond acceptors (Lipinski definition) is 7. The van der Waals surface area contributed by atoms with Crippen LogP contribution in [-0.4, -0.2) is 51.3 Å². The third kappa shape index (κ3) is 3.54. The van der Waals surface area contributed by atoms with Crippen molar-refractivity contribution in [1.82, 2.24) is 20.3 Å². The van der Waals surface area contributed by atoms with Gasteiger partial charge in [-0.05, 0) is 38.8 Å². The van der Waals surface area contributed by atoms with Gasteiger partial charge in [0, 0.05) is 47.4 Å². The van der Waals surface area contributed by atoms with E-state index in [-0.39, 0.29) is 29.0 Å². The topological polar surface area (TPSA) is 100 Å². The maximum Gasteiger partial charge on any atom is 0.418 e. The van der Waals surface area contributed by atoms with Crippen molar-refractivity contribution in [2.75, 3.05) is 23.7 Å². The Bertz CT molecular complexity index is 1310. The minimum atomic E-state index is -4.77. The lowest BCUT2D eigenvalue weighted by Crippen LogP contribution is -2.53. The summed E-state index contributed by atoms with van der Waals surface area (Å²) in [5.41, 5.74) is 4.50. The number of pyridine rings is 3. The third-order valence-electron chi connectivity index (χ3n) is 6.81. The fraction of sp³-hybridized carbons (Fsp3) is 0.435. The van der Waals surface area contributed by atoms with E-state index >= 15 is 4.39 Å². The average Bonchev–Trinajstić information content (AvgIpc) is 2.99. The van der Waals surface area contributed by atoms with Crippen molar-refractivity contribution in [3.05, 3.63) is 40.6 Å². The van der Waals surface area contributed by atoms with E-state index in [1.54, 1.807) is 13.8 Å². The molecule has 4 N–H and O–H groups in total. The summed E-state index contributed by atoms with van der Waals surface area (Å²) in [6.07, 6.45) is -3.26.